The summed E-state index contributed by atoms with van der Waals surface area (Å²) in [7, 11) is -3.73. The topological polar surface area (TPSA) is 92.8 Å². The Morgan fingerprint density at radius 3 is 2.32 bits per heavy atom. The summed E-state index contributed by atoms with van der Waals surface area (Å²) in [6, 6.07) is 11.7. The van der Waals surface area contributed by atoms with Crippen molar-refractivity contribution in [2.75, 3.05) is 24.4 Å². The molecule has 3 rings (SSSR count). The number of amides is 1. The van der Waals surface area contributed by atoms with Gasteiger partial charge in [0, 0.05) is 24.3 Å². The minimum absolute atomic E-state index is 0.133. The van der Waals surface area contributed by atoms with Crippen LogP contribution in [0.25, 0.3) is 0 Å². The van der Waals surface area contributed by atoms with E-state index in [0.29, 0.717) is 49.4 Å². The molecule has 1 saturated heterocycles. The van der Waals surface area contributed by atoms with Gasteiger partial charge in [-0.25, -0.2) is 8.42 Å². The van der Waals surface area contributed by atoms with Gasteiger partial charge in [0.1, 0.15) is 0 Å². The normalized spacial score (nSPS) is 14.9. The zero-order chi connectivity index (χ0) is 22.6. The number of likely N-dealkylation sites (tertiary alicyclic amines) is 1. The lowest BCUT2D eigenvalue weighted by molar-refractivity contribution is -0.149. The average Bonchev–Trinajstić information content (AvgIpc) is 2.75. The number of carbonyl (C=O) groups is 2. The van der Waals surface area contributed by atoms with Crippen molar-refractivity contribution < 1.29 is 22.7 Å². The molecule has 1 N–H and O–H groups in total. The molecule has 1 aliphatic heterocycles. The molecule has 0 saturated carbocycles. The SMILES string of the molecule is CCOC(=O)C1CCN(C(=O)c2ccc(NS(=O)(=O)c3cc(C)ccc3C)cc2)CC1. The van der Waals surface area contributed by atoms with Crippen LogP contribution < -0.4 is 4.72 Å². The van der Waals surface area contributed by atoms with Gasteiger partial charge >= 0.3 is 5.97 Å². The van der Waals surface area contributed by atoms with Gasteiger partial charge in [-0.3, -0.25) is 14.3 Å². The highest BCUT2D eigenvalue weighted by Crippen LogP contribution is 2.23. The van der Waals surface area contributed by atoms with Crippen molar-refractivity contribution in [2.45, 2.75) is 38.5 Å². The van der Waals surface area contributed by atoms with E-state index in [1.807, 2.05) is 13.0 Å². The van der Waals surface area contributed by atoms with E-state index in [1.54, 1.807) is 55.1 Å². The van der Waals surface area contributed by atoms with Gasteiger partial charge in [0.05, 0.1) is 17.4 Å². The summed E-state index contributed by atoms with van der Waals surface area (Å²) in [5.74, 6) is -0.493. The zero-order valence-electron chi connectivity index (χ0n) is 18.1. The van der Waals surface area contributed by atoms with Gasteiger partial charge in [0.2, 0.25) is 0 Å². The minimum atomic E-state index is -3.73. The maximum atomic E-state index is 12.8. The number of hydrogen-bond acceptors (Lipinski definition) is 5. The predicted octanol–water partition coefficient (Wildman–Crippen LogP) is 3.52. The summed E-state index contributed by atoms with van der Waals surface area (Å²) in [6.45, 7) is 6.71. The van der Waals surface area contributed by atoms with E-state index in [0.717, 1.165) is 5.56 Å². The van der Waals surface area contributed by atoms with Crippen LogP contribution in [0.1, 0.15) is 41.3 Å². The quantitative estimate of drug-likeness (QED) is 0.688. The Balaban J connectivity index is 1.64. The van der Waals surface area contributed by atoms with Crippen molar-refractivity contribution in [3.63, 3.8) is 0 Å². The molecular weight excluding hydrogens is 416 g/mol. The Labute approximate surface area is 183 Å². The predicted molar refractivity (Wildman–Crippen MR) is 118 cm³/mol. The average molecular weight is 445 g/mol. The summed E-state index contributed by atoms with van der Waals surface area (Å²) < 4.78 is 33.1. The number of hydrogen-bond donors (Lipinski definition) is 1. The van der Waals surface area contributed by atoms with Crippen LogP contribution in [-0.4, -0.2) is 44.9 Å². The molecule has 1 heterocycles. The van der Waals surface area contributed by atoms with Gasteiger partial charge in [-0.05, 0) is 75.1 Å². The third-order valence-corrected chi connectivity index (χ3v) is 6.94. The smallest absolute Gasteiger partial charge is 0.309 e. The first-order chi connectivity index (χ1) is 14.7. The van der Waals surface area contributed by atoms with E-state index in [2.05, 4.69) is 4.72 Å². The molecule has 166 valence electrons. The Morgan fingerprint density at radius 1 is 1.06 bits per heavy atom. The lowest BCUT2D eigenvalue weighted by Crippen LogP contribution is -2.40. The second-order valence-electron chi connectivity index (χ2n) is 7.77. The summed E-state index contributed by atoms with van der Waals surface area (Å²) >= 11 is 0. The number of aryl methyl sites for hydroxylation is 2. The molecule has 2 aromatic carbocycles. The van der Waals surface area contributed by atoms with Crippen LogP contribution in [0.4, 0.5) is 5.69 Å². The molecule has 1 amide bonds. The van der Waals surface area contributed by atoms with E-state index >= 15 is 0 Å². The van der Waals surface area contributed by atoms with Gasteiger partial charge < -0.3 is 9.64 Å². The van der Waals surface area contributed by atoms with Gasteiger partial charge in [0.15, 0.2) is 0 Å². The number of nitrogens with one attached hydrogen (secondary N) is 1. The van der Waals surface area contributed by atoms with E-state index in [1.165, 1.54) is 0 Å². The van der Waals surface area contributed by atoms with Crippen molar-refractivity contribution in [3.8, 4) is 0 Å². The maximum Gasteiger partial charge on any atom is 0.309 e. The molecule has 7 nitrogen and oxygen atoms in total. The standard InChI is InChI=1S/C23H28N2O5S/c1-4-30-23(27)19-11-13-25(14-12-19)22(26)18-7-9-20(10-8-18)24-31(28,29)21-15-16(2)5-6-17(21)3/h5-10,15,19,24H,4,11-14H2,1-3H3. The molecule has 0 atom stereocenters. The molecule has 0 unspecified atom stereocenters. The van der Waals surface area contributed by atoms with Crippen molar-refractivity contribution in [3.05, 3.63) is 59.2 Å². The highest BCUT2D eigenvalue weighted by atomic mass is 32.2. The minimum Gasteiger partial charge on any atom is -0.466 e. The van der Waals surface area contributed by atoms with Gasteiger partial charge in [-0.2, -0.15) is 0 Å². The van der Waals surface area contributed by atoms with Crippen LogP contribution in [0.15, 0.2) is 47.4 Å². The van der Waals surface area contributed by atoms with Crippen LogP contribution in [0.3, 0.4) is 0 Å². The first kappa shape index (κ1) is 22.8. The highest BCUT2D eigenvalue weighted by molar-refractivity contribution is 7.92. The summed E-state index contributed by atoms with van der Waals surface area (Å²) in [4.78, 5) is 26.6. The first-order valence-electron chi connectivity index (χ1n) is 10.4. The van der Waals surface area contributed by atoms with Crippen molar-refractivity contribution in [1.29, 1.82) is 0 Å². The Bertz CT molecular complexity index is 1060. The molecule has 0 spiro atoms. The summed E-state index contributed by atoms with van der Waals surface area (Å²) in [5, 5.41) is 0. The largest absolute Gasteiger partial charge is 0.466 e. The van der Waals surface area contributed by atoms with E-state index in [4.69, 9.17) is 4.74 Å². The number of sulfonamides is 1. The molecule has 2 aromatic rings. The fourth-order valence-corrected chi connectivity index (χ4v) is 5.04. The first-order valence-corrected chi connectivity index (χ1v) is 11.9. The fraction of sp³-hybridized carbons (Fsp3) is 0.391. The van der Waals surface area contributed by atoms with Gasteiger partial charge in [-0.15, -0.1) is 0 Å². The van der Waals surface area contributed by atoms with Crippen LogP contribution >= 0.6 is 0 Å². The number of nitrogens with zero attached hydrogens (tertiary/aromatic N) is 1. The number of carbonyl (C=O) groups excluding carboxylic acids is 2. The zero-order valence-corrected chi connectivity index (χ0v) is 18.9. The fourth-order valence-electron chi connectivity index (χ4n) is 3.65. The van der Waals surface area contributed by atoms with Crippen molar-refractivity contribution in [1.82, 2.24) is 4.90 Å². The summed E-state index contributed by atoms with van der Waals surface area (Å²) in [6.07, 6.45) is 1.16. The van der Waals surface area contributed by atoms with Gasteiger partial charge in [0.25, 0.3) is 15.9 Å². The molecule has 0 bridgehead atoms. The molecule has 8 heteroatoms. The second kappa shape index (κ2) is 9.51. The molecule has 0 aliphatic carbocycles. The second-order valence-corrected chi connectivity index (χ2v) is 9.42. The monoisotopic (exact) mass is 444 g/mol. The van der Waals surface area contributed by atoms with Crippen molar-refractivity contribution >= 4 is 27.6 Å². The molecular formula is C23H28N2O5S. The van der Waals surface area contributed by atoms with Crippen molar-refractivity contribution in [2.24, 2.45) is 5.92 Å². The lowest BCUT2D eigenvalue weighted by atomic mass is 9.96. The van der Waals surface area contributed by atoms with Crippen LogP contribution in [-0.2, 0) is 19.6 Å². The maximum absolute atomic E-state index is 12.8. The Morgan fingerprint density at radius 2 is 1.71 bits per heavy atom. The number of anilines is 1. The molecule has 1 aliphatic rings. The Kier molecular flexibility index (Phi) is 7.00. The molecule has 0 aromatic heterocycles. The molecule has 0 radical (unpaired) electrons. The number of rotatable bonds is 6. The summed E-state index contributed by atoms with van der Waals surface area (Å²) in [5.41, 5.74) is 2.39. The Hall–Kier alpha value is -2.87. The number of piperidine rings is 1. The molecule has 1 fully saturated rings. The van der Waals surface area contributed by atoms with Crippen LogP contribution in [0.2, 0.25) is 0 Å². The third kappa shape index (κ3) is 5.44. The van der Waals surface area contributed by atoms with E-state index < -0.39 is 10.0 Å². The van der Waals surface area contributed by atoms with E-state index in [-0.39, 0.29) is 22.7 Å². The van der Waals surface area contributed by atoms with Crippen LogP contribution in [0.5, 0.6) is 0 Å². The highest BCUT2D eigenvalue weighted by Gasteiger charge is 2.28. The van der Waals surface area contributed by atoms with Crippen LogP contribution in [0, 0.1) is 19.8 Å². The third-order valence-electron chi connectivity index (χ3n) is 5.42. The van der Waals surface area contributed by atoms with Gasteiger partial charge in [-0.1, -0.05) is 12.1 Å². The molecule has 31 heavy (non-hydrogen) atoms. The lowest BCUT2D eigenvalue weighted by Gasteiger charge is -2.31. The number of benzene rings is 2. The number of ether oxygens (including phenoxy) is 1. The number of esters is 1. The van der Waals surface area contributed by atoms with E-state index in [9.17, 15) is 18.0 Å².